The lowest BCUT2D eigenvalue weighted by Gasteiger charge is -2.34. The van der Waals surface area contributed by atoms with Crippen LogP contribution in [0.1, 0.15) is 37.4 Å². The van der Waals surface area contributed by atoms with E-state index in [-0.39, 0.29) is 0 Å². The molecule has 1 fully saturated rings. The molecule has 0 spiro atoms. The maximum absolute atomic E-state index is 6.29. The number of halogens is 1. The lowest BCUT2D eigenvalue weighted by Crippen LogP contribution is -2.41. The first-order chi connectivity index (χ1) is 9.49. The predicted molar refractivity (Wildman–Crippen MR) is 84.2 cm³/mol. The number of aryl methyl sites for hydroxylation is 2. The molecule has 0 bridgehead atoms. The molecule has 1 aliphatic rings. The van der Waals surface area contributed by atoms with Gasteiger partial charge in [-0.15, -0.1) is 0 Å². The van der Waals surface area contributed by atoms with Crippen LogP contribution >= 0.6 is 11.6 Å². The van der Waals surface area contributed by atoms with Gasteiger partial charge < -0.3 is 4.90 Å². The highest BCUT2D eigenvalue weighted by molar-refractivity contribution is 6.30. The topological polar surface area (TPSA) is 24.3 Å². The fraction of sp³-hybridized carbons (Fsp3) is 0.800. The van der Waals surface area contributed by atoms with Gasteiger partial charge in [-0.3, -0.25) is 9.58 Å². The summed E-state index contributed by atoms with van der Waals surface area (Å²) in [4.78, 5) is 4.95. The van der Waals surface area contributed by atoms with Gasteiger partial charge in [0.1, 0.15) is 5.15 Å². The monoisotopic (exact) mass is 298 g/mol. The number of likely N-dealkylation sites (tertiary alicyclic amines) is 1. The Kier molecular flexibility index (Phi) is 5.47. The second-order valence-electron chi connectivity index (χ2n) is 6.10. The van der Waals surface area contributed by atoms with Crippen molar-refractivity contribution in [2.45, 2.75) is 45.7 Å². The van der Waals surface area contributed by atoms with Gasteiger partial charge in [0.2, 0.25) is 0 Å². The van der Waals surface area contributed by atoms with Crippen molar-refractivity contribution in [3.63, 3.8) is 0 Å². The minimum atomic E-state index is 0.737. The molecule has 1 saturated heterocycles. The van der Waals surface area contributed by atoms with Gasteiger partial charge in [0, 0.05) is 38.3 Å². The molecule has 114 valence electrons. The number of aromatic nitrogens is 2. The standard InChI is InChI=1S/C15H27ClN4/c1-12-7-5-6-8-20(12)10-9-18(3)11-14-13(2)17-19(4)15(14)16/h12H,5-11H2,1-4H3/t12-/m1/s1. The molecule has 1 aliphatic heterocycles. The molecule has 1 atom stereocenters. The Labute approximate surface area is 127 Å². The predicted octanol–water partition coefficient (Wildman–Crippen LogP) is 2.69. The fourth-order valence-electron chi connectivity index (χ4n) is 2.99. The first kappa shape index (κ1) is 15.8. The second-order valence-corrected chi connectivity index (χ2v) is 6.45. The van der Waals surface area contributed by atoms with Crippen LogP contribution < -0.4 is 0 Å². The van der Waals surface area contributed by atoms with Gasteiger partial charge in [0.25, 0.3) is 0 Å². The molecule has 0 amide bonds. The van der Waals surface area contributed by atoms with E-state index in [1.165, 1.54) is 25.8 Å². The highest BCUT2D eigenvalue weighted by Gasteiger charge is 2.19. The van der Waals surface area contributed by atoms with Crippen LogP contribution in [0.2, 0.25) is 5.15 Å². The average Bonchev–Trinajstić information content (AvgIpc) is 2.64. The molecule has 0 unspecified atom stereocenters. The quantitative estimate of drug-likeness (QED) is 0.835. The summed E-state index contributed by atoms with van der Waals surface area (Å²) in [6.07, 6.45) is 4.08. The van der Waals surface area contributed by atoms with Crippen LogP contribution in [0.15, 0.2) is 0 Å². The number of hydrogen-bond donors (Lipinski definition) is 0. The number of likely N-dealkylation sites (N-methyl/N-ethyl adjacent to an activating group) is 1. The minimum Gasteiger partial charge on any atom is -0.301 e. The molecule has 0 aromatic carbocycles. The van der Waals surface area contributed by atoms with Gasteiger partial charge in [0.15, 0.2) is 0 Å². The normalized spacial score (nSPS) is 20.8. The second kappa shape index (κ2) is 6.92. The van der Waals surface area contributed by atoms with Crippen LogP contribution in [0.3, 0.4) is 0 Å². The molecule has 4 nitrogen and oxygen atoms in total. The van der Waals surface area contributed by atoms with Crippen LogP contribution in [-0.2, 0) is 13.6 Å². The van der Waals surface area contributed by atoms with Crippen molar-refractivity contribution in [1.29, 1.82) is 0 Å². The smallest absolute Gasteiger partial charge is 0.131 e. The summed E-state index contributed by atoms with van der Waals surface area (Å²) < 4.78 is 1.76. The van der Waals surface area contributed by atoms with Crippen molar-refractivity contribution in [2.24, 2.45) is 7.05 Å². The maximum Gasteiger partial charge on any atom is 0.131 e. The summed E-state index contributed by atoms with van der Waals surface area (Å²) in [7, 11) is 4.06. The van der Waals surface area contributed by atoms with Crippen molar-refractivity contribution >= 4 is 11.6 Å². The molecule has 1 aromatic heterocycles. The molecular formula is C15H27ClN4. The van der Waals surface area contributed by atoms with E-state index in [0.717, 1.165) is 42.1 Å². The third kappa shape index (κ3) is 3.74. The molecule has 0 radical (unpaired) electrons. The van der Waals surface area contributed by atoms with E-state index in [0.29, 0.717) is 0 Å². The van der Waals surface area contributed by atoms with E-state index in [1.54, 1.807) is 4.68 Å². The Hall–Kier alpha value is -0.580. The zero-order valence-electron chi connectivity index (χ0n) is 13.2. The Morgan fingerprint density at radius 2 is 2.15 bits per heavy atom. The van der Waals surface area contributed by atoms with E-state index < -0.39 is 0 Å². The molecule has 20 heavy (non-hydrogen) atoms. The SMILES string of the molecule is Cc1nn(C)c(Cl)c1CN(C)CCN1CCCC[C@H]1C. The fourth-order valence-corrected chi connectivity index (χ4v) is 3.23. The molecule has 0 saturated carbocycles. The Morgan fingerprint density at radius 3 is 2.75 bits per heavy atom. The third-order valence-corrected chi connectivity index (χ3v) is 4.88. The summed E-state index contributed by atoms with van der Waals surface area (Å²) >= 11 is 6.29. The summed E-state index contributed by atoms with van der Waals surface area (Å²) in [6, 6.07) is 0.737. The molecular weight excluding hydrogens is 272 g/mol. The Morgan fingerprint density at radius 1 is 1.40 bits per heavy atom. The van der Waals surface area contributed by atoms with Crippen molar-refractivity contribution in [3.05, 3.63) is 16.4 Å². The number of hydrogen-bond acceptors (Lipinski definition) is 3. The third-order valence-electron chi connectivity index (χ3n) is 4.41. The minimum absolute atomic E-state index is 0.737. The lowest BCUT2D eigenvalue weighted by molar-refractivity contribution is 0.141. The van der Waals surface area contributed by atoms with Gasteiger partial charge in [0.05, 0.1) is 5.69 Å². The Bertz CT molecular complexity index is 443. The van der Waals surface area contributed by atoms with E-state index in [2.05, 4.69) is 28.9 Å². The molecule has 5 heteroatoms. The Balaban J connectivity index is 1.84. The number of nitrogens with zero attached hydrogens (tertiary/aromatic N) is 4. The van der Waals surface area contributed by atoms with Crippen LogP contribution in [0.4, 0.5) is 0 Å². The van der Waals surface area contributed by atoms with E-state index in [9.17, 15) is 0 Å². The van der Waals surface area contributed by atoms with Gasteiger partial charge in [-0.2, -0.15) is 5.10 Å². The first-order valence-corrected chi connectivity index (χ1v) is 7.97. The highest BCUT2D eigenvalue weighted by atomic mass is 35.5. The largest absolute Gasteiger partial charge is 0.301 e. The maximum atomic E-state index is 6.29. The summed E-state index contributed by atoms with van der Waals surface area (Å²) in [6.45, 7) is 8.73. The van der Waals surface area contributed by atoms with Crippen LogP contribution in [0, 0.1) is 6.92 Å². The van der Waals surface area contributed by atoms with Crippen molar-refractivity contribution in [3.8, 4) is 0 Å². The van der Waals surface area contributed by atoms with Crippen LogP contribution in [-0.4, -0.2) is 52.3 Å². The van der Waals surface area contributed by atoms with Gasteiger partial charge in [-0.05, 0) is 40.3 Å². The van der Waals surface area contributed by atoms with Gasteiger partial charge in [-0.25, -0.2) is 0 Å². The van der Waals surface area contributed by atoms with E-state index in [4.69, 9.17) is 11.6 Å². The molecule has 2 rings (SSSR count). The zero-order valence-corrected chi connectivity index (χ0v) is 13.9. The first-order valence-electron chi connectivity index (χ1n) is 7.59. The number of piperidine rings is 1. The highest BCUT2D eigenvalue weighted by Crippen LogP contribution is 2.20. The van der Waals surface area contributed by atoms with Crippen molar-refractivity contribution < 1.29 is 0 Å². The molecule has 0 aliphatic carbocycles. The summed E-state index contributed by atoms with van der Waals surface area (Å²) in [5, 5.41) is 5.14. The van der Waals surface area contributed by atoms with E-state index >= 15 is 0 Å². The zero-order chi connectivity index (χ0) is 14.7. The van der Waals surface area contributed by atoms with Crippen molar-refractivity contribution in [2.75, 3.05) is 26.7 Å². The van der Waals surface area contributed by atoms with Crippen LogP contribution in [0.25, 0.3) is 0 Å². The molecule has 1 aromatic rings. The van der Waals surface area contributed by atoms with Crippen molar-refractivity contribution in [1.82, 2.24) is 19.6 Å². The number of rotatable bonds is 5. The molecule has 2 heterocycles. The lowest BCUT2D eigenvalue weighted by atomic mass is 10.0. The summed E-state index contributed by atoms with van der Waals surface area (Å²) in [5.74, 6) is 0. The summed E-state index contributed by atoms with van der Waals surface area (Å²) in [5.41, 5.74) is 2.19. The van der Waals surface area contributed by atoms with E-state index in [1.807, 2.05) is 14.0 Å². The van der Waals surface area contributed by atoms with Gasteiger partial charge >= 0.3 is 0 Å². The van der Waals surface area contributed by atoms with Crippen LogP contribution in [0.5, 0.6) is 0 Å². The molecule has 0 N–H and O–H groups in total. The average molecular weight is 299 g/mol. The van der Waals surface area contributed by atoms with Gasteiger partial charge in [-0.1, -0.05) is 18.0 Å².